The fourth-order valence-corrected chi connectivity index (χ4v) is 4.09. The molecule has 0 aliphatic rings. The summed E-state index contributed by atoms with van der Waals surface area (Å²) in [5.74, 6) is 2.54. The Hall–Kier alpha value is -3.53. The number of aromatic nitrogens is 3. The average molecular weight is 527 g/mol. The van der Waals surface area contributed by atoms with Crippen molar-refractivity contribution < 1.29 is 23.7 Å². The molecule has 0 fully saturated rings. The molecule has 37 heavy (non-hydrogen) atoms. The molecule has 0 radical (unpaired) electrons. The number of methoxy groups -OCH3 is 2. The number of thioether (sulfide) groups is 1. The summed E-state index contributed by atoms with van der Waals surface area (Å²) < 4.78 is 22.4. The summed E-state index contributed by atoms with van der Waals surface area (Å²) in [4.78, 5) is 17.1. The van der Waals surface area contributed by atoms with Crippen LogP contribution in [0, 0.1) is 0 Å². The largest absolute Gasteiger partial charge is 0.493 e. The molecule has 0 aliphatic carbocycles. The predicted octanol–water partition coefficient (Wildman–Crippen LogP) is 5.03. The molecule has 1 amide bonds. The third-order valence-corrected chi connectivity index (χ3v) is 6.33. The van der Waals surface area contributed by atoms with Gasteiger partial charge in [0.15, 0.2) is 23.0 Å². The maximum Gasteiger partial charge on any atom is 0.230 e. The Labute approximate surface area is 222 Å². The van der Waals surface area contributed by atoms with E-state index < -0.39 is 0 Å². The van der Waals surface area contributed by atoms with Crippen molar-refractivity contribution in [3.63, 3.8) is 0 Å². The van der Waals surface area contributed by atoms with Crippen molar-refractivity contribution in [2.24, 2.45) is 0 Å². The van der Waals surface area contributed by atoms with Gasteiger partial charge in [0.05, 0.1) is 33.2 Å². The van der Waals surface area contributed by atoms with Crippen LogP contribution in [0.5, 0.6) is 23.0 Å². The molecule has 198 valence electrons. The van der Waals surface area contributed by atoms with Crippen LogP contribution >= 0.6 is 11.8 Å². The molecule has 2 aromatic carbocycles. The van der Waals surface area contributed by atoms with Crippen LogP contribution in [0.3, 0.4) is 0 Å². The van der Waals surface area contributed by atoms with Crippen LogP contribution in [-0.2, 0) is 4.79 Å². The molecular weight excluding hydrogens is 492 g/mol. The van der Waals surface area contributed by atoms with E-state index in [1.165, 1.54) is 11.8 Å². The van der Waals surface area contributed by atoms with Crippen molar-refractivity contribution >= 4 is 17.7 Å². The molecule has 0 aliphatic heterocycles. The van der Waals surface area contributed by atoms with Gasteiger partial charge in [0.25, 0.3) is 0 Å². The maximum absolute atomic E-state index is 12.3. The molecule has 0 saturated carbocycles. The first kappa shape index (κ1) is 28.0. The zero-order valence-electron chi connectivity index (χ0n) is 22.2. The van der Waals surface area contributed by atoms with Crippen LogP contribution in [0.15, 0.2) is 41.6 Å². The minimum atomic E-state index is -0.0763. The molecule has 1 aromatic heterocycles. The van der Waals surface area contributed by atoms with Gasteiger partial charge in [-0.15, -0.1) is 10.2 Å². The molecule has 1 atom stereocenters. The number of ether oxygens (including phenoxy) is 4. The standard InChI is InChI=1S/C27H34N4O5S/c1-7-17(4)28-24(32)16-37-27-29-25(18-10-12-20(35-8-2)22(14-18)33-5)26(30-31-27)19-11-13-21(36-9-3)23(15-19)34-6/h10-15,17H,7-9,16H2,1-6H3,(H,28,32)/t17-/m1/s1. The number of nitrogens with zero attached hydrogens (tertiary/aromatic N) is 3. The third kappa shape index (κ3) is 7.25. The van der Waals surface area contributed by atoms with Crippen LogP contribution in [0.2, 0.25) is 0 Å². The maximum atomic E-state index is 12.3. The van der Waals surface area contributed by atoms with Crippen molar-refractivity contribution in [1.29, 1.82) is 0 Å². The minimum Gasteiger partial charge on any atom is -0.493 e. The highest BCUT2D eigenvalue weighted by molar-refractivity contribution is 7.99. The Morgan fingerprint density at radius 3 is 1.95 bits per heavy atom. The van der Waals surface area contributed by atoms with Crippen molar-refractivity contribution in [2.45, 2.75) is 45.3 Å². The molecule has 0 unspecified atom stereocenters. The molecular formula is C27H34N4O5S. The van der Waals surface area contributed by atoms with E-state index in [0.717, 1.165) is 17.5 Å². The second-order valence-corrected chi connectivity index (χ2v) is 9.00. The van der Waals surface area contributed by atoms with Crippen molar-refractivity contribution in [3.05, 3.63) is 36.4 Å². The van der Waals surface area contributed by atoms with E-state index in [0.29, 0.717) is 52.8 Å². The van der Waals surface area contributed by atoms with Gasteiger partial charge < -0.3 is 24.3 Å². The van der Waals surface area contributed by atoms with Gasteiger partial charge in [0, 0.05) is 17.2 Å². The van der Waals surface area contributed by atoms with Gasteiger partial charge in [-0.05, 0) is 63.6 Å². The lowest BCUT2D eigenvalue weighted by Gasteiger charge is -2.15. The molecule has 10 heteroatoms. The number of amides is 1. The monoisotopic (exact) mass is 526 g/mol. The Bertz CT molecular complexity index is 1210. The van der Waals surface area contributed by atoms with Gasteiger partial charge in [0.1, 0.15) is 11.4 Å². The molecule has 0 spiro atoms. The van der Waals surface area contributed by atoms with Gasteiger partial charge in [-0.1, -0.05) is 18.7 Å². The van der Waals surface area contributed by atoms with Crippen molar-refractivity contribution in [3.8, 4) is 45.5 Å². The first-order valence-corrected chi connectivity index (χ1v) is 13.2. The van der Waals surface area contributed by atoms with Crippen molar-refractivity contribution in [1.82, 2.24) is 20.5 Å². The van der Waals surface area contributed by atoms with E-state index in [2.05, 4.69) is 15.5 Å². The summed E-state index contributed by atoms with van der Waals surface area (Å²) in [5, 5.41) is 12.2. The Morgan fingerprint density at radius 2 is 1.43 bits per heavy atom. The van der Waals surface area contributed by atoms with Crippen molar-refractivity contribution in [2.75, 3.05) is 33.2 Å². The second kappa shape index (κ2) is 13.7. The summed E-state index contributed by atoms with van der Waals surface area (Å²) >= 11 is 1.23. The Kier molecular flexibility index (Phi) is 10.4. The molecule has 0 bridgehead atoms. The van der Waals surface area contributed by atoms with Crippen LogP contribution in [-0.4, -0.2) is 60.3 Å². The lowest BCUT2D eigenvalue weighted by Crippen LogP contribution is -2.33. The van der Waals surface area contributed by atoms with E-state index in [-0.39, 0.29) is 17.7 Å². The zero-order chi connectivity index (χ0) is 26.8. The van der Waals surface area contributed by atoms with E-state index in [1.807, 2.05) is 64.1 Å². The minimum absolute atomic E-state index is 0.0763. The number of hydrogen-bond acceptors (Lipinski definition) is 9. The lowest BCUT2D eigenvalue weighted by molar-refractivity contribution is -0.119. The zero-order valence-corrected chi connectivity index (χ0v) is 23.0. The highest BCUT2D eigenvalue weighted by Crippen LogP contribution is 2.38. The summed E-state index contributed by atoms with van der Waals surface area (Å²) in [5.41, 5.74) is 2.67. The van der Waals surface area contributed by atoms with Crippen LogP contribution in [0.25, 0.3) is 22.5 Å². The summed E-state index contributed by atoms with van der Waals surface area (Å²) in [7, 11) is 3.18. The van der Waals surface area contributed by atoms with Crippen LogP contribution in [0.1, 0.15) is 34.1 Å². The third-order valence-electron chi connectivity index (χ3n) is 5.49. The molecule has 1 N–H and O–H groups in total. The van der Waals surface area contributed by atoms with Gasteiger partial charge in [-0.3, -0.25) is 4.79 Å². The molecule has 1 heterocycles. The van der Waals surface area contributed by atoms with Gasteiger partial charge in [0.2, 0.25) is 11.1 Å². The Morgan fingerprint density at radius 1 is 0.865 bits per heavy atom. The number of carbonyl (C=O) groups is 1. The highest BCUT2D eigenvalue weighted by Gasteiger charge is 2.19. The SMILES string of the molecule is CCOc1ccc(-c2nnc(SCC(=O)N[C@H](C)CC)nc2-c2ccc(OCC)c(OC)c2)cc1OC. The van der Waals surface area contributed by atoms with E-state index in [4.69, 9.17) is 23.9 Å². The second-order valence-electron chi connectivity index (χ2n) is 8.05. The predicted molar refractivity (Wildman–Crippen MR) is 145 cm³/mol. The van der Waals surface area contributed by atoms with Crippen LogP contribution in [0.4, 0.5) is 0 Å². The number of carbonyl (C=O) groups excluding carboxylic acids is 1. The van der Waals surface area contributed by atoms with Crippen LogP contribution < -0.4 is 24.3 Å². The quantitative estimate of drug-likeness (QED) is 0.307. The fraction of sp³-hybridized carbons (Fsp3) is 0.407. The van der Waals surface area contributed by atoms with E-state index in [1.54, 1.807) is 14.2 Å². The normalized spacial score (nSPS) is 11.5. The number of rotatable bonds is 13. The molecule has 9 nitrogen and oxygen atoms in total. The fourth-order valence-electron chi connectivity index (χ4n) is 3.50. The molecule has 3 rings (SSSR count). The first-order valence-electron chi connectivity index (χ1n) is 12.2. The number of hydrogen-bond donors (Lipinski definition) is 1. The topological polar surface area (TPSA) is 105 Å². The summed E-state index contributed by atoms with van der Waals surface area (Å²) in [6, 6.07) is 11.3. The highest BCUT2D eigenvalue weighted by atomic mass is 32.2. The first-order chi connectivity index (χ1) is 17.9. The number of nitrogens with one attached hydrogen (secondary N) is 1. The summed E-state index contributed by atoms with van der Waals surface area (Å²) in [6.45, 7) is 8.86. The molecule has 3 aromatic rings. The smallest absolute Gasteiger partial charge is 0.230 e. The van der Waals surface area contributed by atoms with Gasteiger partial charge in [-0.2, -0.15) is 0 Å². The van der Waals surface area contributed by atoms with E-state index in [9.17, 15) is 4.79 Å². The van der Waals surface area contributed by atoms with Gasteiger partial charge in [-0.25, -0.2) is 4.98 Å². The lowest BCUT2D eigenvalue weighted by atomic mass is 10.0. The number of benzene rings is 2. The Balaban J connectivity index is 2.05. The average Bonchev–Trinajstić information content (AvgIpc) is 2.92. The van der Waals surface area contributed by atoms with E-state index >= 15 is 0 Å². The summed E-state index contributed by atoms with van der Waals surface area (Å²) in [6.07, 6.45) is 0.860. The molecule has 0 saturated heterocycles. The van der Waals surface area contributed by atoms with Gasteiger partial charge >= 0.3 is 0 Å².